The summed E-state index contributed by atoms with van der Waals surface area (Å²) in [5.74, 6) is -1.65. The summed E-state index contributed by atoms with van der Waals surface area (Å²) < 4.78 is 13.4. The van der Waals surface area contributed by atoms with Gasteiger partial charge in [-0.05, 0) is 72.6 Å². The van der Waals surface area contributed by atoms with Gasteiger partial charge in [-0.25, -0.2) is 9.18 Å². The second-order valence-electron chi connectivity index (χ2n) is 11.0. The van der Waals surface area contributed by atoms with E-state index in [1.54, 1.807) is 0 Å². The number of hydrogen-bond donors (Lipinski definition) is 2. The number of likely N-dealkylation sites (tertiary alicyclic amines) is 1. The third-order valence-electron chi connectivity index (χ3n) is 8.30. The van der Waals surface area contributed by atoms with Crippen molar-refractivity contribution < 1.29 is 18.8 Å². The van der Waals surface area contributed by atoms with Crippen molar-refractivity contribution in [2.75, 3.05) is 18.0 Å². The summed E-state index contributed by atoms with van der Waals surface area (Å²) in [6.45, 7) is 2.01. The number of amides is 4. The Bertz CT molecular complexity index is 1340. The van der Waals surface area contributed by atoms with Crippen LogP contribution in [0.1, 0.15) is 67.2 Å². The van der Waals surface area contributed by atoms with Gasteiger partial charge in [-0.2, -0.15) is 0 Å². The molecule has 41 heavy (non-hydrogen) atoms. The molecular formula is C33H37FN4O3. The molecule has 0 bridgehead atoms. The van der Waals surface area contributed by atoms with E-state index < -0.39 is 17.8 Å². The van der Waals surface area contributed by atoms with Crippen molar-refractivity contribution in [2.24, 2.45) is 11.7 Å². The SMILES string of the molecule is NC(=O)C(NC(=O)C1CCCCC1c1ccc(CN(C(=O)N2CCCC2)c2ccccc2)cc1)c1ccc(F)cc1. The minimum Gasteiger partial charge on any atom is -0.368 e. The van der Waals surface area contributed by atoms with Crippen LogP contribution < -0.4 is 16.0 Å². The Morgan fingerprint density at radius 1 is 0.878 bits per heavy atom. The molecule has 3 atom stereocenters. The van der Waals surface area contributed by atoms with Gasteiger partial charge in [-0.3, -0.25) is 14.5 Å². The molecule has 1 saturated carbocycles. The van der Waals surface area contributed by atoms with Gasteiger partial charge < -0.3 is 16.0 Å². The molecule has 1 aliphatic carbocycles. The molecule has 8 heteroatoms. The Morgan fingerprint density at radius 2 is 1.54 bits per heavy atom. The maximum Gasteiger partial charge on any atom is 0.324 e. The van der Waals surface area contributed by atoms with Crippen LogP contribution in [-0.2, 0) is 16.1 Å². The fourth-order valence-electron chi connectivity index (χ4n) is 6.08. The van der Waals surface area contributed by atoms with Gasteiger partial charge in [0.05, 0.1) is 6.54 Å². The van der Waals surface area contributed by atoms with Crippen LogP contribution in [0.15, 0.2) is 78.9 Å². The first-order chi connectivity index (χ1) is 19.9. The van der Waals surface area contributed by atoms with Gasteiger partial charge in [0.15, 0.2) is 0 Å². The predicted octanol–water partition coefficient (Wildman–Crippen LogP) is 5.66. The number of para-hydroxylation sites is 1. The molecule has 3 aromatic carbocycles. The monoisotopic (exact) mass is 556 g/mol. The number of carbonyl (C=O) groups excluding carboxylic acids is 3. The molecule has 2 fully saturated rings. The van der Waals surface area contributed by atoms with Crippen LogP contribution in [0.4, 0.5) is 14.9 Å². The maximum atomic E-state index is 13.5. The van der Waals surface area contributed by atoms with E-state index in [9.17, 15) is 18.8 Å². The predicted molar refractivity (Wildman–Crippen MR) is 156 cm³/mol. The highest BCUT2D eigenvalue weighted by molar-refractivity contribution is 5.92. The van der Waals surface area contributed by atoms with Crippen molar-refractivity contribution in [3.63, 3.8) is 0 Å². The zero-order valence-corrected chi connectivity index (χ0v) is 23.2. The smallest absolute Gasteiger partial charge is 0.324 e. The highest BCUT2D eigenvalue weighted by atomic mass is 19.1. The van der Waals surface area contributed by atoms with Crippen molar-refractivity contribution in [1.29, 1.82) is 0 Å². The van der Waals surface area contributed by atoms with Crippen molar-refractivity contribution >= 4 is 23.5 Å². The molecule has 1 heterocycles. The summed E-state index contributed by atoms with van der Waals surface area (Å²) in [6.07, 6.45) is 5.57. The lowest BCUT2D eigenvalue weighted by Gasteiger charge is -2.32. The zero-order chi connectivity index (χ0) is 28.8. The third-order valence-corrected chi connectivity index (χ3v) is 8.30. The van der Waals surface area contributed by atoms with Crippen LogP contribution in [0.3, 0.4) is 0 Å². The lowest BCUT2D eigenvalue weighted by atomic mass is 9.74. The lowest BCUT2D eigenvalue weighted by molar-refractivity contribution is -0.131. The molecular weight excluding hydrogens is 519 g/mol. The van der Waals surface area contributed by atoms with E-state index >= 15 is 0 Å². The van der Waals surface area contributed by atoms with Crippen LogP contribution in [0.2, 0.25) is 0 Å². The average Bonchev–Trinajstić information content (AvgIpc) is 3.55. The minimum atomic E-state index is -1.02. The molecule has 0 spiro atoms. The quantitative estimate of drug-likeness (QED) is 0.375. The molecule has 3 N–H and O–H groups in total. The second kappa shape index (κ2) is 13.0. The molecule has 7 nitrogen and oxygen atoms in total. The molecule has 5 rings (SSSR count). The van der Waals surface area contributed by atoms with Gasteiger partial charge in [0.2, 0.25) is 11.8 Å². The zero-order valence-electron chi connectivity index (χ0n) is 23.2. The van der Waals surface area contributed by atoms with E-state index in [0.29, 0.717) is 18.5 Å². The Kier molecular flexibility index (Phi) is 8.97. The number of hydrogen-bond acceptors (Lipinski definition) is 3. The number of nitrogens with two attached hydrogens (primary N) is 1. The van der Waals surface area contributed by atoms with Gasteiger partial charge in [0.25, 0.3) is 0 Å². The molecule has 1 saturated heterocycles. The Labute approximate surface area is 240 Å². The van der Waals surface area contributed by atoms with Crippen LogP contribution in [-0.4, -0.2) is 35.8 Å². The summed E-state index contributed by atoms with van der Waals surface area (Å²) in [6, 6.07) is 22.4. The Hall–Kier alpha value is -4.20. The van der Waals surface area contributed by atoms with Crippen molar-refractivity contribution in [3.8, 4) is 0 Å². The van der Waals surface area contributed by atoms with E-state index in [1.165, 1.54) is 24.3 Å². The standard InChI is InChI=1S/C33H37FN4O3/c34-26-18-16-25(17-19-26)30(31(35)39)36-32(40)29-11-5-4-10-28(29)24-14-12-23(13-15-24)22-38(27-8-2-1-3-9-27)33(41)37-20-6-7-21-37/h1-3,8-9,12-19,28-30H,4-7,10-11,20-22H2,(H2,35,39)(H,36,40). The normalized spacial score (nSPS) is 19.4. The van der Waals surface area contributed by atoms with E-state index in [1.807, 2.05) is 52.3 Å². The number of urea groups is 1. The number of primary amides is 1. The number of rotatable bonds is 8. The molecule has 2 aliphatic rings. The van der Waals surface area contributed by atoms with Gasteiger partial charge in [-0.15, -0.1) is 0 Å². The fraction of sp³-hybridized carbons (Fsp3) is 0.364. The Balaban J connectivity index is 1.31. The van der Waals surface area contributed by atoms with Crippen LogP contribution in [0.5, 0.6) is 0 Å². The van der Waals surface area contributed by atoms with Crippen molar-refractivity contribution in [1.82, 2.24) is 10.2 Å². The van der Waals surface area contributed by atoms with E-state index in [2.05, 4.69) is 17.4 Å². The van der Waals surface area contributed by atoms with E-state index in [4.69, 9.17) is 5.73 Å². The highest BCUT2D eigenvalue weighted by Gasteiger charge is 2.34. The average molecular weight is 557 g/mol. The van der Waals surface area contributed by atoms with Crippen LogP contribution in [0, 0.1) is 11.7 Å². The summed E-state index contributed by atoms with van der Waals surface area (Å²) in [5.41, 5.74) is 8.99. The number of nitrogens with zero attached hydrogens (tertiary/aromatic N) is 2. The first-order valence-electron chi connectivity index (χ1n) is 14.5. The summed E-state index contributed by atoms with van der Waals surface area (Å²) in [5, 5.41) is 2.83. The molecule has 0 radical (unpaired) electrons. The molecule has 4 amide bonds. The summed E-state index contributed by atoms with van der Waals surface area (Å²) in [7, 11) is 0. The van der Waals surface area contributed by atoms with Gasteiger partial charge in [0.1, 0.15) is 11.9 Å². The molecule has 0 aromatic heterocycles. The number of halogens is 1. The first kappa shape index (κ1) is 28.3. The number of carbonyl (C=O) groups is 3. The first-order valence-corrected chi connectivity index (χ1v) is 14.5. The van der Waals surface area contributed by atoms with Crippen LogP contribution in [0.25, 0.3) is 0 Å². The van der Waals surface area contributed by atoms with Crippen LogP contribution >= 0.6 is 0 Å². The van der Waals surface area contributed by atoms with Gasteiger partial charge in [0, 0.05) is 24.7 Å². The number of anilines is 1. The second-order valence-corrected chi connectivity index (χ2v) is 11.0. The fourth-order valence-corrected chi connectivity index (χ4v) is 6.08. The molecule has 3 unspecified atom stereocenters. The highest BCUT2D eigenvalue weighted by Crippen LogP contribution is 2.38. The molecule has 1 aliphatic heterocycles. The number of nitrogens with one attached hydrogen (secondary N) is 1. The largest absolute Gasteiger partial charge is 0.368 e. The minimum absolute atomic E-state index is 0.00370. The van der Waals surface area contributed by atoms with Crippen molar-refractivity contribution in [3.05, 3.63) is 101 Å². The lowest BCUT2D eigenvalue weighted by Crippen LogP contribution is -2.42. The topological polar surface area (TPSA) is 95.7 Å². The maximum absolute atomic E-state index is 13.5. The summed E-state index contributed by atoms with van der Waals surface area (Å²) in [4.78, 5) is 42.8. The van der Waals surface area contributed by atoms with E-state index in [0.717, 1.165) is 62.0 Å². The van der Waals surface area contributed by atoms with Gasteiger partial charge in [-0.1, -0.05) is 67.4 Å². The molecule has 214 valence electrons. The third kappa shape index (κ3) is 6.76. The summed E-state index contributed by atoms with van der Waals surface area (Å²) >= 11 is 0. The van der Waals surface area contributed by atoms with E-state index in [-0.39, 0.29) is 23.8 Å². The van der Waals surface area contributed by atoms with Crippen molar-refractivity contribution in [2.45, 2.75) is 57.0 Å². The van der Waals surface area contributed by atoms with Gasteiger partial charge >= 0.3 is 6.03 Å². The number of benzene rings is 3. The Morgan fingerprint density at radius 3 is 2.20 bits per heavy atom. The molecule has 3 aromatic rings.